The maximum Gasteiger partial charge on any atom is 0.314 e. The molecule has 110 valence electrons. The van der Waals surface area contributed by atoms with Crippen molar-refractivity contribution in [1.82, 2.24) is 4.90 Å². The maximum atomic E-state index is 14.2. The number of carboxylic acid groups (broad SMARTS) is 1. The molecule has 0 heterocycles. The van der Waals surface area contributed by atoms with E-state index < -0.39 is 11.4 Å². The molecule has 0 aliphatic heterocycles. The molecule has 2 rings (SSSR count). The van der Waals surface area contributed by atoms with Crippen LogP contribution in [-0.2, 0) is 16.8 Å². The van der Waals surface area contributed by atoms with Gasteiger partial charge in [0.05, 0.1) is 5.41 Å². The maximum absolute atomic E-state index is 14.2. The van der Waals surface area contributed by atoms with E-state index in [1.165, 1.54) is 6.07 Å². The van der Waals surface area contributed by atoms with Gasteiger partial charge in [0, 0.05) is 12.1 Å². The van der Waals surface area contributed by atoms with Gasteiger partial charge in [-0.1, -0.05) is 31.4 Å². The van der Waals surface area contributed by atoms with Crippen LogP contribution >= 0.6 is 0 Å². The lowest BCUT2D eigenvalue weighted by Crippen LogP contribution is -2.38. The summed E-state index contributed by atoms with van der Waals surface area (Å²) in [4.78, 5) is 13.6. The van der Waals surface area contributed by atoms with Gasteiger partial charge in [-0.15, -0.1) is 0 Å². The molecular formula is C16H22FNO2. The van der Waals surface area contributed by atoms with Crippen LogP contribution in [0.15, 0.2) is 18.2 Å². The second kappa shape index (κ2) is 5.92. The summed E-state index contributed by atoms with van der Waals surface area (Å²) in [6.07, 6.45) is 4.07. The molecule has 1 aromatic carbocycles. The molecular weight excluding hydrogens is 257 g/mol. The summed E-state index contributed by atoms with van der Waals surface area (Å²) in [5.74, 6) is -1.13. The Morgan fingerprint density at radius 3 is 2.45 bits per heavy atom. The number of carbonyl (C=O) groups is 1. The van der Waals surface area contributed by atoms with E-state index in [9.17, 15) is 14.3 Å². The Bertz CT molecular complexity index is 493. The number of aliphatic carboxylic acids is 1. The Morgan fingerprint density at radius 1 is 1.30 bits per heavy atom. The molecule has 3 nitrogen and oxygen atoms in total. The zero-order chi connectivity index (χ0) is 14.8. The highest BCUT2D eigenvalue weighted by atomic mass is 19.1. The van der Waals surface area contributed by atoms with E-state index in [1.54, 1.807) is 12.1 Å². The molecule has 0 saturated heterocycles. The standard InChI is InChI=1S/C16H22FNO2/c1-18(2)11-12-6-7-13(10-14(12)17)16(15(19)20)8-4-3-5-9-16/h6-7,10H,3-5,8-9,11H2,1-2H3,(H,19,20). The monoisotopic (exact) mass is 279 g/mol. The Balaban J connectivity index is 2.35. The third-order valence-corrected chi connectivity index (χ3v) is 4.21. The number of hydrogen-bond acceptors (Lipinski definition) is 2. The van der Waals surface area contributed by atoms with Crippen molar-refractivity contribution in [2.45, 2.75) is 44.1 Å². The second-order valence-electron chi connectivity index (χ2n) is 5.99. The molecule has 0 atom stereocenters. The summed E-state index contributed by atoms with van der Waals surface area (Å²) in [5.41, 5.74) is 0.329. The molecule has 0 radical (unpaired) electrons. The molecule has 0 amide bonds. The zero-order valence-electron chi connectivity index (χ0n) is 12.2. The van der Waals surface area contributed by atoms with Crippen LogP contribution in [0.4, 0.5) is 4.39 Å². The Hall–Kier alpha value is -1.42. The van der Waals surface area contributed by atoms with Crippen molar-refractivity contribution in [1.29, 1.82) is 0 Å². The average molecular weight is 279 g/mol. The number of carboxylic acids is 1. The van der Waals surface area contributed by atoms with Crippen molar-refractivity contribution in [2.24, 2.45) is 0 Å². The molecule has 1 N–H and O–H groups in total. The van der Waals surface area contributed by atoms with E-state index in [2.05, 4.69) is 0 Å². The van der Waals surface area contributed by atoms with Crippen LogP contribution < -0.4 is 0 Å². The van der Waals surface area contributed by atoms with Crippen LogP contribution in [0.3, 0.4) is 0 Å². The number of nitrogens with zero attached hydrogens (tertiary/aromatic N) is 1. The molecule has 1 aliphatic carbocycles. The normalized spacial score (nSPS) is 18.2. The number of hydrogen-bond donors (Lipinski definition) is 1. The molecule has 4 heteroatoms. The van der Waals surface area contributed by atoms with Gasteiger partial charge in [0.2, 0.25) is 0 Å². The first-order valence-electron chi connectivity index (χ1n) is 7.13. The van der Waals surface area contributed by atoms with Gasteiger partial charge < -0.3 is 10.0 Å². The molecule has 1 aromatic rings. The number of rotatable bonds is 4. The van der Waals surface area contributed by atoms with Crippen LogP contribution in [0, 0.1) is 5.82 Å². The lowest BCUT2D eigenvalue weighted by Gasteiger charge is -2.33. The van der Waals surface area contributed by atoms with Gasteiger partial charge in [0.1, 0.15) is 5.82 Å². The number of halogens is 1. The topological polar surface area (TPSA) is 40.5 Å². The lowest BCUT2D eigenvalue weighted by molar-refractivity contribution is -0.145. The van der Waals surface area contributed by atoms with E-state index >= 15 is 0 Å². The smallest absolute Gasteiger partial charge is 0.314 e. The van der Waals surface area contributed by atoms with Gasteiger partial charge in [-0.3, -0.25) is 4.79 Å². The van der Waals surface area contributed by atoms with Crippen molar-refractivity contribution in [2.75, 3.05) is 14.1 Å². The van der Waals surface area contributed by atoms with Gasteiger partial charge in [-0.2, -0.15) is 0 Å². The van der Waals surface area contributed by atoms with E-state index in [4.69, 9.17) is 0 Å². The van der Waals surface area contributed by atoms with E-state index in [0.29, 0.717) is 30.5 Å². The predicted molar refractivity (Wildman–Crippen MR) is 76.2 cm³/mol. The largest absolute Gasteiger partial charge is 0.481 e. The van der Waals surface area contributed by atoms with E-state index in [-0.39, 0.29) is 5.82 Å². The summed E-state index contributed by atoms with van der Waals surface area (Å²) in [5, 5.41) is 9.62. The van der Waals surface area contributed by atoms with Crippen LogP contribution in [0.5, 0.6) is 0 Å². The van der Waals surface area contributed by atoms with Crippen LogP contribution in [0.25, 0.3) is 0 Å². The first-order valence-corrected chi connectivity index (χ1v) is 7.13. The fourth-order valence-electron chi connectivity index (χ4n) is 3.10. The van der Waals surface area contributed by atoms with E-state index in [0.717, 1.165) is 19.3 Å². The Labute approximate surface area is 119 Å². The second-order valence-corrected chi connectivity index (χ2v) is 5.99. The van der Waals surface area contributed by atoms with E-state index in [1.807, 2.05) is 19.0 Å². The molecule has 0 aromatic heterocycles. The quantitative estimate of drug-likeness (QED) is 0.920. The van der Waals surface area contributed by atoms with Crippen molar-refractivity contribution in [3.8, 4) is 0 Å². The fourth-order valence-corrected chi connectivity index (χ4v) is 3.10. The van der Waals surface area contributed by atoms with Crippen LogP contribution in [0.1, 0.15) is 43.2 Å². The molecule has 1 aliphatic rings. The van der Waals surface area contributed by atoms with Crippen molar-refractivity contribution < 1.29 is 14.3 Å². The summed E-state index contributed by atoms with van der Waals surface area (Å²) >= 11 is 0. The molecule has 20 heavy (non-hydrogen) atoms. The van der Waals surface area contributed by atoms with Crippen molar-refractivity contribution in [3.63, 3.8) is 0 Å². The van der Waals surface area contributed by atoms with Gasteiger partial charge in [-0.05, 0) is 38.6 Å². The summed E-state index contributed by atoms with van der Waals surface area (Å²) in [7, 11) is 3.76. The molecule has 0 spiro atoms. The third-order valence-electron chi connectivity index (χ3n) is 4.21. The minimum absolute atomic E-state index is 0.303. The Kier molecular flexibility index (Phi) is 4.43. The molecule has 0 bridgehead atoms. The van der Waals surface area contributed by atoms with Gasteiger partial charge >= 0.3 is 5.97 Å². The lowest BCUT2D eigenvalue weighted by atomic mass is 9.69. The van der Waals surface area contributed by atoms with Crippen molar-refractivity contribution in [3.05, 3.63) is 35.1 Å². The van der Waals surface area contributed by atoms with Gasteiger partial charge in [-0.25, -0.2) is 4.39 Å². The SMILES string of the molecule is CN(C)Cc1ccc(C2(C(=O)O)CCCCC2)cc1F. The Morgan fingerprint density at radius 2 is 1.95 bits per heavy atom. The fraction of sp³-hybridized carbons (Fsp3) is 0.562. The minimum atomic E-state index is -0.893. The average Bonchev–Trinajstić information content (AvgIpc) is 2.41. The summed E-state index contributed by atoms with van der Waals surface area (Å²) in [6, 6.07) is 4.95. The molecule has 1 saturated carbocycles. The first kappa shape index (κ1) is 15.0. The van der Waals surface area contributed by atoms with Crippen LogP contribution in [0.2, 0.25) is 0 Å². The molecule has 1 fully saturated rings. The number of benzene rings is 1. The van der Waals surface area contributed by atoms with Crippen molar-refractivity contribution >= 4 is 5.97 Å². The first-order chi connectivity index (χ1) is 9.45. The van der Waals surface area contributed by atoms with Gasteiger partial charge in [0.25, 0.3) is 0 Å². The predicted octanol–water partition coefficient (Wildman–Crippen LogP) is 3.17. The highest BCUT2D eigenvalue weighted by Crippen LogP contribution is 2.40. The summed E-state index contributed by atoms with van der Waals surface area (Å²) in [6.45, 7) is 0.520. The van der Waals surface area contributed by atoms with Crippen LogP contribution in [-0.4, -0.2) is 30.1 Å². The third kappa shape index (κ3) is 2.85. The highest BCUT2D eigenvalue weighted by molar-refractivity contribution is 5.81. The zero-order valence-corrected chi connectivity index (χ0v) is 12.2. The summed E-state index contributed by atoms with van der Waals surface area (Å²) < 4.78 is 14.2. The molecule has 0 unspecified atom stereocenters. The van der Waals surface area contributed by atoms with Gasteiger partial charge in [0.15, 0.2) is 0 Å². The minimum Gasteiger partial charge on any atom is -0.481 e. The highest BCUT2D eigenvalue weighted by Gasteiger charge is 2.41.